The van der Waals surface area contributed by atoms with Crippen LogP contribution in [0.25, 0.3) is 0 Å². The number of rotatable bonds is 16. The van der Waals surface area contributed by atoms with Gasteiger partial charge in [-0.3, -0.25) is 0 Å². The van der Waals surface area contributed by atoms with Crippen LogP contribution in [0.4, 0.5) is 0 Å². The summed E-state index contributed by atoms with van der Waals surface area (Å²) in [5, 5.41) is 0. The smallest absolute Gasteiger partial charge is 0.0154 e. The summed E-state index contributed by atoms with van der Waals surface area (Å²) in [5.41, 5.74) is 3.06. The Hall–Kier alpha value is -1.21. The van der Waals surface area contributed by atoms with E-state index in [-0.39, 0.29) is 0 Å². The summed E-state index contributed by atoms with van der Waals surface area (Å²) in [4.78, 5) is 2.91. The Bertz CT molecular complexity index is 603. The Labute approximate surface area is 184 Å². The zero-order valence-electron chi connectivity index (χ0n) is 18.9. The lowest BCUT2D eigenvalue weighted by Crippen LogP contribution is -1.92. The van der Waals surface area contributed by atoms with Gasteiger partial charge >= 0.3 is 0 Å². The summed E-state index contributed by atoms with van der Waals surface area (Å²) < 4.78 is 0. The normalized spacial score (nSPS) is 11.1. The second-order valence-electron chi connectivity index (χ2n) is 8.35. The molecule has 0 aliphatic heterocycles. The van der Waals surface area contributed by atoms with Crippen molar-refractivity contribution in [1.29, 1.82) is 0 Å². The molecule has 2 rings (SSSR count). The first-order chi connectivity index (χ1) is 14.3. The largest absolute Gasteiger partial charge is 0.0895 e. The molecular weight excluding hydrogens is 368 g/mol. The maximum Gasteiger partial charge on any atom is 0.0154 e. The Morgan fingerprint density at radius 2 is 0.862 bits per heavy atom. The molecule has 0 radical (unpaired) electrons. The van der Waals surface area contributed by atoms with Gasteiger partial charge in [-0.1, -0.05) is 126 Å². The maximum absolute atomic E-state index is 2.34. The molecule has 29 heavy (non-hydrogen) atoms. The molecule has 0 saturated carbocycles. The summed E-state index contributed by atoms with van der Waals surface area (Å²) in [6, 6.07) is 18.1. The Morgan fingerprint density at radius 1 is 0.483 bits per heavy atom. The third kappa shape index (κ3) is 9.90. The van der Waals surface area contributed by atoms with E-state index in [2.05, 4.69) is 62.4 Å². The predicted molar refractivity (Wildman–Crippen MR) is 131 cm³/mol. The third-order valence-corrected chi connectivity index (χ3v) is 7.00. The van der Waals surface area contributed by atoms with Crippen molar-refractivity contribution in [2.75, 3.05) is 0 Å². The second-order valence-corrected chi connectivity index (χ2v) is 9.44. The fourth-order valence-corrected chi connectivity index (χ4v) is 5.06. The van der Waals surface area contributed by atoms with E-state index < -0.39 is 0 Å². The number of hydrogen-bond donors (Lipinski definition) is 0. The zero-order chi connectivity index (χ0) is 20.6. The molecule has 0 heterocycles. The molecule has 0 aliphatic carbocycles. The van der Waals surface area contributed by atoms with Crippen molar-refractivity contribution >= 4 is 11.8 Å². The molecule has 160 valence electrons. The van der Waals surface area contributed by atoms with Crippen LogP contribution < -0.4 is 0 Å². The molecular formula is C28H42S. The van der Waals surface area contributed by atoms with Crippen molar-refractivity contribution < 1.29 is 0 Å². The number of aryl methyl sites for hydroxylation is 2. The SMILES string of the molecule is CCCCCCCCc1ccccc1Sc1ccccc1CCCCCCCC. The number of benzene rings is 2. The average molecular weight is 411 g/mol. The van der Waals surface area contributed by atoms with Gasteiger partial charge in [-0.2, -0.15) is 0 Å². The van der Waals surface area contributed by atoms with Crippen molar-refractivity contribution in [1.82, 2.24) is 0 Å². The highest BCUT2D eigenvalue weighted by molar-refractivity contribution is 7.99. The Morgan fingerprint density at radius 3 is 1.31 bits per heavy atom. The first kappa shape index (κ1) is 24.1. The molecule has 2 aromatic rings. The van der Waals surface area contributed by atoms with Crippen LogP contribution in [0.2, 0.25) is 0 Å². The molecule has 0 amide bonds. The number of unbranched alkanes of at least 4 members (excludes halogenated alkanes) is 10. The van der Waals surface area contributed by atoms with Gasteiger partial charge in [0.1, 0.15) is 0 Å². The van der Waals surface area contributed by atoms with Gasteiger partial charge in [-0.25, -0.2) is 0 Å². The van der Waals surface area contributed by atoms with E-state index in [4.69, 9.17) is 0 Å². The first-order valence-corrected chi connectivity index (χ1v) is 13.0. The third-order valence-electron chi connectivity index (χ3n) is 5.76. The molecule has 0 saturated heterocycles. The van der Waals surface area contributed by atoms with Crippen molar-refractivity contribution in [3.63, 3.8) is 0 Å². The summed E-state index contributed by atoms with van der Waals surface area (Å²) in [6.07, 6.45) is 18.8. The summed E-state index contributed by atoms with van der Waals surface area (Å²) in [5.74, 6) is 0. The monoisotopic (exact) mass is 410 g/mol. The van der Waals surface area contributed by atoms with Crippen molar-refractivity contribution in [2.24, 2.45) is 0 Å². The van der Waals surface area contributed by atoms with E-state index in [9.17, 15) is 0 Å². The lowest BCUT2D eigenvalue weighted by atomic mass is 10.0. The van der Waals surface area contributed by atoms with Crippen LogP contribution in [0.3, 0.4) is 0 Å². The second kappa shape index (κ2) is 15.6. The topological polar surface area (TPSA) is 0 Å². The van der Waals surface area contributed by atoms with Crippen LogP contribution in [0, 0.1) is 0 Å². The van der Waals surface area contributed by atoms with Crippen LogP contribution in [0.5, 0.6) is 0 Å². The standard InChI is InChI=1S/C28H42S/c1-3-5-7-9-11-13-19-25-21-15-17-23-27(25)29-28-24-18-16-22-26(28)20-14-12-10-8-6-4-2/h15-18,21-24H,3-14,19-20H2,1-2H3. The molecule has 0 nitrogen and oxygen atoms in total. The molecule has 0 fully saturated rings. The molecule has 0 aliphatic rings. The molecule has 2 aromatic carbocycles. The molecule has 0 bridgehead atoms. The van der Waals surface area contributed by atoms with Crippen LogP contribution in [0.1, 0.15) is 102 Å². The lowest BCUT2D eigenvalue weighted by molar-refractivity contribution is 0.605. The minimum atomic E-state index is 1.22. The molecule has 0 aromatic heterocycles. The van der Waals surface area contributed by atoms with Gasteiger partial charge in [0.05, 0.1) is 0 Å². The molecule has 0 unspecified atom stereocenters. The average Bonchev–Trinajstić information content (AvgIpc) is 2.75. The van der Waals surface area contributed by atoms with E-state index in [1.165, 1.54) is 111 Å². The zero-order valence-corrected chi connectivity index (χ0v) is 19.7. The lowest BCUT2D eigenvalue weighted by Gasteiger charge is -2.13. The van der Waals surface area contributed by atoms with Crippen molar-refractivity contribution in [3.05, 3.63) is 59.7 Å². The molecule has 0 spiro atoms. The van der Waals surface area contributed by atoms with Crippen LogP contribution >= 0.6 is 11.8 Å². The maximum atomic E-state index is 2.34. The van der Waals surface area contributed by atoms with E-state index in [1.807, 2.05) is 11.8 Å². The molecule has 0 N–H and O–H groups in total. The first-order valence-electron chi connectivity index (χ1n) is 12.2. The van der Waals surface area contributed by atoms with Gasteiger partial charge in [0.2, 0.25) is 0 Å². The fraction of sp³-hybridized carbons (Fsp3) is 0.571. The predicted octanol–water partition coefficient (Wildman–Crippen LogP) is 9.64. The highest BCUT2D eigenvalue weighted by Crippen LogP contribution is 2.34. The van der Waals surface area contributed by atoms with Crippen LogP contribution in [-0.2, 0) is 12.8 Å². The van der Waals surface area contributed by atoms with Gasteiger partial charge in [-0.15, -0.1) is 0 Å². The van der Waals surface area contributed by atoms with Crippen molar-refractivity contribution in [2.45, 2.75) is 114 Å². The van der Waals surface area contributed by atoms with Crippen molar-refractivity contribution in [3.8, 4) is 0 Å². The van der Waals surface area contributed by atoms with E-state index in [0.29, 0.717) is 0 Å². The van der Waals surface area contributed by atoms with E-state index in [0.717, 1.165) is 0 Å². The summed E-state index contributed by atoms with van der Waals surface area (Å²) in [6.45, 7) is 4.58. The van der Waals surface area contributed by atoms with E-state index >= 15 is 0 Å². The minimum absolute atomic E-state index is 1.22. The van der Waals surface area contributed by atoms with E-state index in [1.54, 1.807) is 0 Å². The number of hydrogen-bond acceptors (Lipinski definition) is 1. The molecule has 1 heteroatoms. The van der Waals surface area contributed by atoms with Gasteiger partial charge in [0, 0.05) is 9.79 Å². The highest BCUT2D eigenvalue weighted by Gasteiger charge is 2.08. The Kier molecular flexibility index (Phi) is 12.9. The summed E-state index contributed by atoms with van der Waals surface area (Å²) in [7, 11) is 0. The minimum Gasteiger partial charge on any atom is -0.0895 e. The van der Waals surface area contributed by atoms with Gasteiger partial charge in [0.25, 0.3) is 0 Å². The van der Waals surface area contributed by atoms with Gasteiger partial charge in [-0.05, 0) is 48.9 Å². The van der Waals surface area contributed by atoms with Crippen LogP contribution in [0.15, 0.2) is 58.3 Å². The molecule has 0 atom stereocenters. The quantitative estimate of drug-likeness (QED) is 0.248. The van der Waals surface area contributed by atoms with Gasteiger partial charge < -0.3 is 0 Å². The fourth-order valence-electron chi connectivity index (χ4n) is 3.93. The summed E-state index contributed by atoms with van der Waals surface area (Å²) >= 11 is 1.98. The van der Waals surface area contributed by atoms with Gasteiger partial charge in [0.15, 0.2) is 0 Å². The Balaban J connectivity index is 1.87. The highest BCUT2D eigenvalue weighted by atomic mass is 32.2. The van der Waals surface area contributed by atoms with Crippen LogP contribution in [-0.4, -0.2) is 0 Å².